The number of aliphatic hydroxyl groups is 1. The number of hydrogen-bond donors (Lipinski definition) is 2. The second-order valence-electron chi connectivity index (χ2n) is 3.59. The van der Waals surface area contributed by atoms with E-state index in [0.29, 0.717) is 5.57 Å². The number of ether oxygens (including phenoxy) is 1. The number of rotatable bonds is 4. The lowest BCUT2D eigenvalue weighted by molar-refractivity contribution is -0.144. The first-order chi connectivity index (χ1) is 6.61. The van der Waals surface area contributed by atoms with Crippen LogP contribution in [0.5, 0.6) is 0 Å². The lowest BCUT2D eigenvalue weighted by atomic mass is 10.2. The summed E-state index contributed by atoms with van der Waals surface area (Å²) >= 11 is 0. The summed E-state index contributed by atoms with van der Waals surface area (Å²) in [5.74, 6) is -0.246. The van der Waals surface area contributed by atoms with Crippen LogP contribution in [0.4, 0.5) is 0 Å². The molecule has 2 atom stereocenters. The first-order valence-corrected chi connectivity index (χ1v) is 4.87. The molecule has 0 amide bonds. The van der Waals surface area contributed by atoms with E-state index in [1.165, 1.54) is 0 Å². The van der Waals surface area contributed by atoms with Gasteiger partial charge in [0, 0.05) is 0 Å². The predicted octanol–water partition coefficient (Wildman–Crippen LogP) is 0.219. The normalized spacial score (nSPS) is 23.1. The third kappa shape index (κ3) is 3.12. The van der Waals surface area contributed by atoms with Crippen LogP contribution >= 0.6 is 0 Å². The van der Waals surface area contributed by atoms with E-state index in [2.05, 4.69) is 11.9 Å². The molecule has 4 heteroatoms. The summed E-state index contributed by atoms with van der Waals surface area (Å²) in [7, 11) is 0. The van der Waals surface area contributed by atoms with Gasteiger partial charge >= 0.3 is 5.97 Å². The molecule has 0 aromatic carbocycles. The van der Waals surface area contributed by atoms with Gasteiger partial charge in [0.15, 0.2) is 0 Å². The lowest BCUT2D eigenvalue weighted by Crippen LogP contribution is -2.33. The van der Waals surface area contributed by atoms with Gasteiger partial charge in [0.2, 0.25) is 0 Å². The lowest BCUT2D eigenvalue weighted by Gasteiger charge is -2.12. The molecule has 0 saturated carbocycles. The third-order valence-electron chi connectivity index (χ3n) is 2.34. The predicted molar refractivity (Wildman–Crippen MR) is 52.8 cm³/mol. The van der Waals surface area contributed by atoms with E-state index in [4.69, 9.17) is 9.84 Å². The van der Waals surface area contributed by atoms with Crippen LogP contribution in [0.15, 0.2) is 12.2 Å². The van der Waals surface area contributed by atoms with E-state index < -0.39 is 6.10 Å². The fourth-order valence-corrected chi connectivity index (χ4v) is 1.27. The number of carbonyl (C=O) groups is 1. The summed E-state index contributed by atoms with van der Waals surface area (Å²) < 4.78 is 4.99. The van der Waals surface area contributed by atoms with Crippen molar-refractivity contribution < 1.29 is 14.6 Å². The largest absolute Gasteiger partial charge is 0.460 e. The highest BCUT2D eigenvalue weighted by atomic mass is 16.5. The molecular formula is C10H17NO3. The monoisotopic (exact) mass is 199 g/mol. The molecule has 80 valence electrons. The Kier molecular flexibility index (Phi) is 4.10. The maximum absolute atomic E-state index is 11.4. The van der Waals surface area contributed by atoms with Gasteiger partial charge < -0.3 is 15.2 Å². The highest BCUT2D eigenvalue weighted by molar-refractivity contribution is 5.76. The maximum atomic E-state index is 11.4. The zero-order chi connectivity index (χ0) is 10.6. The highest BCUT2D eigenvalue weighted by Gasteiger charge is 2.23. The van der Waals surface area contributed by atoms with Gasteiger partial charge in [-0.2, -0.15) is 0 Å². The summed E-state index contributed by atoms with van der Waals surface area (Å²) in [4.78, 5) is 11.4. The molecule has 1 fully saturated rings. The van der Waals surface area contributed by atoms with Gasteiger partial charge in [-0.15, -0.1) is 0 Å². The molecule has 1 saturated heterocycles. The number of nitrogens with one attached hydrogen (secondary N) is 1. The Bertz CT molecular complexity index is 219. The van der Waals surface area contributed by atoms with Gasteiger partial charge in [-0.3, -0.25) is 4.79 Å². The topological polar surface area (TPSA) is 58.6 Å². The number of hydrogen-bond acceptors (Lipinski definition) is 4. The minimum Gasteiger partial charge on any atom is -0.460 e. The van der Waals surface area contributed by atoms with Crippen molar-refractivity contribution in [1.29, 1.82) is 0 Å². The van der Waals surface area contributed by atoms with Crippen LogP contribution in [0.1, 0.15) is 19.8 Å². The molecule has 2 unspecified atom stereocenters. The van der Waals surface area contributed by atoms with Crippen molar-refractivity contribution in [3.8, 4) is 0 Å². The van der Waals surface area contributed by atoms with E-state index in [1.807, 2.05) is 0 Å². The Hall–Kier alpha value is -0.870. The molecule has 0 aliphatic carbocycles. The van der Waals surface area contributed by atoms with E-state index in [0.717, 1.165) is 19.4 Å². The van der Waals surface area contributed by atoms with Gasteiger partial charge in [-0.05, 0) is 31.9 Å². The molecule has 1 rings (SSSR count). The van der Waals surface area contributed by atoms with Crippen molar-refractivity contribution in [2.45, 2.75) is 31.9 Å². The van der Waals surface area contributed by atoms with Crippen LogP contribution < -0.4 is 5.32 Å². The average molecular weight is 199 g/mol. The van der Waals surface area contributed by atoms with Crippen LogP contribution in [0.2, 0.25) is 0 Å². The minimum absolute atomic E-state index is 0.106. The van der Waals surface area contributed by atoms with Gasteiger partial charge in [0.05, 0.1) is 6.10 Å². The van der Waals surface area contributed by atoms with Gasteiger partial charge in [0.1, 0.15) is 12.6 Å². The molecule has 0 radical (unpaired) electrons. The highest BCUT2D eigenvalue weighted by Crippen LogP contribution is 2.07. The summed E-state index contributed by atoms with van der Waals surface area (Å²) in [6, 6.07) is -0.170. The Morgan fingerprint density at radius 1 is 1.79 bits per heavy atom. The second-order valence-corrected chi connectivity index (χ2v) is 3.59. The molecule has 2 N–H and O–H groups in total. The van der Waals surface area contributed by atoms with Crippen molar-refractivity contribution in [2.24, 2.45) is 0 Å². The van der Waals surface area contributed by atoms with Crippen LogP contribution in [0.3, 0.4) is 0 Å². The summed E-state index contributed by atoms with van der Waals surface area (Å²) in [5.41, 5.74) is 0.524. The van der Waals surface area contributed by atoms with Crippen LogP contribution in [0, 0.1) is 0 Å². The van der Waals surface area contributed by atoms with E-state index in [1.54, 1.807) is 6.92 Å². The van der Waals surface area contributed by atoms with Crippen LogP contribution in [-0.2, 0) is 9.53 Å². The zero-order valence-corrected chi connectivity index (χ0v) is 8.45. The van der Waals surface area contributed by atoms with Crippen molar-refractivity contribution in [2.75, 3.05) is 13.2 Å². The van der Waals surface area contributed by atoms with Crippen LogP contribution in [-0.4, -0.2) is 36.4 Å². The van der Waals surface area contributed by atoms with Crippen molar-refractivity contribution >= 4 is 5.97 Å². The fraction of sp³-hybridized carbons (Fsp3) is 0.700. The first-order valence-electron chi connectivity index (χ1n) is 4.87. The molecular weight excluding hydrogens is 182 g/mol. The number of carbonyl (C=O) groups excluding carboxylic acids is 1. The summed E-state index contributed by atoms with van der Waals surface area (Å²) in [6.45, 7) is 6.18. The SMILES string of the molecule is C=C(COC(=O)C1CCCN1)C(C)O. The first kappa shape index (κ1) is 11.2. The third-order valence-corrected chi connectivity index (χ3v) is 2.34. The Morgan fingerprint density at radius 3 is 3.00 bits per heavy atom. The van der Waals surface area contributed by atoms with Gasteiger partial charge in [-0.25, -0.2) is 0 Å². The molecule has 1 aliphatic heterocycles. The molecule has 0 aromatic heterocycles. The quantitative estimate of drug-likeness (QED) is 0.502. The van der Waals surface area contributed by atoms with Crippen LogP contribution in [0.25, 0.3) is 0 Å². The zero-order valence-electron chi connectivity index (χ0n) is 8.45. The molecule has 4 nitrogen and oxygen atoms in total. The second kappa shape index (κ2) is 5.12. The molecule has 1 aliphatic rings. The Morgan fingerprint density at radius 2 is 2.50 bits per heavy atom. The van der Waals surface area contributed by atoms with Crippen molar-refractivity contribution in [3.63, 3.8) is 0 Å². The maximum Gasteiger partial charge on any atom is 0.323 e. The van der Waals surface area contributed by atoms with Gasteiger partial charge in [-0.1, -0.05) is 6.58 Å². The summed E-state index contributed by atoms with van der Waals surface area (Å²) in [5, 5.41) is 12.1. The van der Waals surface area contributed by atoms with E-state index in [9.17, 15) is 4.79 Å². The molecule has 0 spiro atoms. The Balaban J connectivity index is 2.23. The molecule has 1 heterocycles. The minimum atomic E-state index is -0.626. The number of aliphatic hydroxyl groups excluding tert-OH is 1. The Labute approximate surface area is 83.9 Å². The summed E-state index contributed by atoms with van der Waals surface area (Å²) in [6.07, 6.45) is 1.22. The number of esters is 1. The molecule has 14 heavy (non-hydrogen) atoms. The smallest absolute Gasteiger partial charge is 0.323 e. The van der Waals surface area contributed by atoms with Crippen molar-refractivity contribution in [3.05, 3.63) is 12.2 Å². The standard InChI is InChI=1S/C10H17NO3/c1-7(8(2)12)6-14-10(13)9-4-3-5-11-9/h8-9,11-12H,1,3-6H2,2H3. The van der Waals surface area contributed by atoms with E-state index in [-0.39, 0.29) is 18.6 Å². The fourth-order valence-electron chi connectivity index (χ4n) is 1.27. The average Bonchev–Trinajstić information content (AvgIpc) is 2.66. The molecule has 0 bridgehead atoms. The van der Waals surface area contributed by atoms with Gasteiger partial charge in [0.25, 0.3) is 0 Å². The van der Waals surface area contributed by atoms with E-state index >= 15 is 0 Å². The van der Waals surface area contributed by atoms with Crippen molar-refractivity contribution in [1.82, 2.24) is 5.32 Å². The molecule has 0 aromatic rings.